The number of phenols is 1. The molecular weight excluding hydrogens is 400 g/mol. The van der Waals surface area contributed by atoms with Gasteiger partial charge in [0.05, 0.1) is 5.60 Å². The number of piperidine rings is 1. The first-order valence-electron chi connectivity index (χ1n) is 12.3. The summed E-state index contributed by atoms with van der Waals surface area (Å²) in [4.78, 5) is 2.58. The van der Waals surface area contributed by atoms with Crippen molar-refractivity contribution in [3.63, 3.8) is 0 Å². The molecule has 3 N–H and O–H groups in total. The molecule has 32 heavy (non-hydrogen) atoms. The van der Waals surface area contributed by atoms with Crippen molar-refractivity contribution in [2.75, 3.05) is 26.2 Å². The van der Waals surface area contributed by atoms with Crippen molar-refractivity contribution in [1.82, 2.24) is 10.2 Å². The molecule has 3 unspecified atom stereocenters. The number of aromatic hydroxyl groups is 1. The maximum atomic E-state index is 12.5. The van der Waals surface area contributed by atoms with Crippen molar-refractivity contribution < 1.29 is 14.9 Å². The van der Waals surface area contributed by atoms with E-state index in [1.807, 2.05) is 30.3 Å². The average Bonchev–Trinajstić information content (AvgIpc) is 3.63. The molecule has 2 saturated heterocycles. The maximum absolute atomic E-state index is 12.5. The van der Waals surface area contributed by atoms with Gasteiger partial charge in [-0.3, -0.25) is 4.90 Å². The van der Waals surface area contributed by atoms with Gasteiger partial charge in [0.15, 0.2) is 11.5 Å². The molecule has 3 fully saturated rings. The normalized spacial score (nSPS) is 32.0. The van der Waals surface area contributed by atoms with E-state index < -0.39 is 5.60 Å². The number of nitrogens with one attached hydrogen (secondary N) is 1. The van der Waals surface area contributed by atoms with E-state index in [9.17, 15) is 10.2 Å². The van der Waals surface area contributed by atoms with Gasteiger partial charge < -0.3 is 20.3 Å². The molecule has 2 bridgehead atoms. The molecule has 0 aromatic heterocycles. The van der Waals surface area contributed by atoms with Crippen LogP contribution >= 0.6 is 0 Å². The van der Waals surface area contributed by atoms with E-state index >= 15 is 0 Å². The van der Waals surface area contributed by atoms with Gasteiger partial charge in [-0.1, -0.05) is 36.4 Å². The summed E-state index contributed by atoms with van der Waals surface area (Å²) >= 11 is 0. The van der Waals surface area contributed by atoms with Gasteiger partial charge >= 0.3 is 0 Å². The first-order chi connectivity index (χ1) is 15.6. The second-order valence-corrected chi connectivity index (χ2v) is 10.4. The molecule has 0 radical (unpaired) electrons. The van der Waals surface area contributed by atoms with Crippen LogP contribution in [-0.2, 0) is 18.4 Å². The van der Waals surface area contributed by atoms with Gasteiger partial charge in [0.25, 0.3) is 0 Å². The highest BCUT2D eigenvalue weighted by molar-refractivity contribution is 5.58. The smallest absolute Gasteiger partial charge is 0.165 e. The van der Waals surface area contributed by atoms with E-state index in [1.54, 1.807) is 6.07 Å². The van der Waals surface area contributed by atoms with E-state index in [0.717, 1.165) is 68.9 Å². The van der Waals surface area contributed by atoms with Gasteiger partial charge in [-0.15, -0.1) is 0 Å². The highest BCUT2D eigenvalue weighted by Gasteiger charge is 2.63. The lowest BCUT2D eigenvalue weighted by atomic mass is 9.52. The largest absolute Gasteiger partial charge is 0.504 e. The average molecular weight is 435 g/mol. The zero-order valence-electron chi connectivity index (χ0n) is 18.7. The van der Waals surface area contributed by atoms with Crippen LogP contribution < -0.4 is 10.1 Å². The minimum Gasteiger partial charge on any atom is -0.504 e. The lowest BCUT2D eigenvalue weighted by Crippen LogP contribution is -2.71. The molecule has 170 valence electrons. The summed E-state index contributed by atoms with van der Waals surface area (Å²) in [5, 5.41) is 26.9. The van der Waals surface area contributed by atoms with E-state index in [1.165, 1.54) is 18.4 Å². The Morgan fingerprint density at radius 2 is 1.84 bits per heavy atom. The monoisotopic (exact) mass is 434 g/mol. The van der Waals surface area contributed by atoms with Crippen molar-refractivity contribution >= 4 is 0 Å². The third kappa shape index (κ3) is 3.17. The molecule has 2 aliphatic carbocycles. The number of rotatable bonds is 5. The van der Waals surface area contributed by atoms with E-state index in [2.05, 4.69) is 16.3 Å². The SMILES string of the molecule is Oc1ccc2c(c1OCc1ccccc1)C13CCNCCC1(O)C(C2)N(CC1CC1)CC3. The molecule has 2 heterocycles. The topological polar surface area (TPSA) is 65.0 Å². The van der Waals surface area contributed by atoms with E-state index in [4.69, 9.17) is 4.74 Å². The van der Waals surface area contributed by atoms with Crippen molar-refractivity contribution in [2.45, 2.75) is 62.2 Å². The molecule has 1 saturated carbocycles. The lowest BCUT2D eigenvalue weighted by Gasteiger charge is -2.61. The fourth-order valence-electron chi connectivity index (χ4n) is 6.79. The Balaban J connectivity index is 1.44. The number of hydrogen-bond acceptors (Lipinski definition) is 5. The summed E-state index contributed by atoms with van der Waals surface area (Å²) in [6.45, 7) is 4.25. The van der Waals surface area contributed by atoms with Gasteiger partial charge in [0.1, 0.15) is 6.61 Å². The van der Waals surface area contributed by atoms with E-state index in [-0.39, 0.29) is 17.2 Å². The second-order valence-electron chi connectivity index (χ2n) is 10.4. The second kappa shape index (κ2) is 7.75. The highest BCUT2D eigenvalue weighted by Crippen LogP contribution is 2.59. The van der Waals surface area contributed by atoms with Gasteiger partial charge in [0, 0.05) is 23.6 Å². The number of phenolic OH excluding ortho intramolecular Hbond substituents is 1. The first kappa shape index (κ1) is 20.5. The lowest BCUT2D eigenvalue weighted by molar-refractivity contribution is -0.149. The quantitative estimate of drug-likeness (QED) is 0.674. The third-order valence-electron chi connectivity index (χ3n) is 8.59. The van der Waals surface area contributed by atoms with Gasteiger partial charge in [-0.25, -0.2) is 0 Å². The number of likely N-dealkylation sites (tertiary alicyclic amines) is 1. The number of aliphatic hydroxyl groups is 1. The summed E-state index contributed by atoms with van der Waals surface area (Å²) in [7, 11) is 0. The molecule has 2 aliphatic heterocycles. The van der Waals surface area contributed by atoms with Crippen molar-refractivity contribution in [3.8, 4) is 11.5 Å². The zero-order valence-corrected chi connectivity index (χ0v) is 18.7. The number of ether oxygens (including phenoxy) is 1. The van der Waals surface area contributed by atoms with E-state index in [0.29, 0.717) is 12.4 Å². The van der Waals surface area contributed by atoms with Crippen LogP contribution in [-0.4, -0.2) is 52.9 Å². The molecule has 0 spiro atoms. The van der Waals surface area contributed by atoms with Crippen LogP contribution in [0, 0.1) is 5.92 Å². The Labute approximate surface area is 190 Å². The predicted molar refractivity (Wildman–Crippen MR) is 124 cm³/mol. The summed E-state index contributed by atoms with van der Waals surface area (Å²) < 4.78 is 6.35. The predicted octanol–water partition coefficient (Wildman–Crippen LogP) is 3.36. The third-order valence-corrected chi connectivity index (χ3v) is 8.59. The Bertz CT molecular complexity index is 992. The van der Waals surface area contributed by atoms with Crippen LogP contribution in [0.4, 0.5) is 0 Å². The number of fused-ring (bicyclic) bond motifs is 1. The Morgan fingerprint density at radius 3 is 2.66 bits per heavy atom. The van der Waals surface area contributed by atoms with Crippen molar-refractivity contribution in [2.24, 2.45) is 5.92 Å². The van der Waals surface area contributed by atoms with Gasteiger partial charge in [-0.05, 0) is 81.3 Å². The number of hydrogen-bond donors (Lipinski definition) is 3. The minimum atomic E-state index is -0.810. The molecule has 0 amide bonds. The molecule has 4 aliphatic rings. The fraction of sp³-hybridized carbons (Fsp3) is 0.556. The van der Waals surface area contributed by atoms with Gasteiger partial charge in [-0.2, -0.15) is 0 Å². The summed E-state index contributed by atoms with van der Waals surface area (Å²) in [5.74, 6) is 1.58. The Hall–Kier alpha value is -2.08. The molecule has 3 atom stereocenters. The van der Waals surface area contributed by atoms with Crippen LogP contribution in [0.15, 0.2) is 42.5 Å². The van der Waals surface area contributed by atoms with Crippen LogP contribution in [0.5, 0.6) is 11.5 Å². The molecule has 6 rings (SSSR count). The van der Waals surface area contributed by atoms with Crippen LogP contribution in [0.2, 0.25) is 0 Å². The highest BCUT2D eigenvalue weighted by atomic mass is 16.5. The molecule has 5 nitrogen and oxygen atoms in total. The maximum Gasteiger partial charge on any atom is 0.165 e. The van der Waals surface area contributed by atoms with Crippen molar-refractivity contribution in [1.29, 1.82) is 0 Å². The van der Waals surface area contributed by atoms with Crippen LogP contribution in [0.25, 0.3) is 0 Å². The minimum absolute atomic E-state index is 0.135. The van der Waals surface area contributed by atoms with Crippen molar-refractivity contribution in [3.05, 3.63) is 59.2 Å². The summed E-state index contributed by atoms with van der Waals surface area (Å²) in [5.41, 5.74) is 2.19. The fourth-order valence-corrected chi connectivity index (χ4v) is 6.79. The zero-order chi connectivity index (χ0) is 21.8. The Kier molecular flexibility index (Phi) is 4.97. The first-order valence-corrected chi connectivity index (χ1v) is 12.3. The molecule has 5 heteroatoms. The summed E-state index contributed by atoms with van der Waals surface area (Å²) in [6, 6.07) is 14.1. The molecular formula is C27H34N2O3. The van der Waals surface area contributed by atoms with Crippen LogP contribution in [0.1, 0.15) is 48.8 Å². The number of nitrogens with zero attached hydrogens (tertiary/aromatic N) is 1. The van der Waals surface area contributed by atoms with Gasteiger partial charge in [0.2, 0.25) is 0 Å². The number of benzene rings is 2. The Morgan fingerprint density at radius 1 is 1.03 bits per heavy atom. The molecule has 2 aromatic carbocycles. The summed E-state index contributed by atoms with van der Waals surface area (Å²) in [6.07, 6.45) is 6.00. The van der Waals surface area contributed by atoms with Crippen LogP contribution in [0.3, 0.4) is 0 Å². The molecule has 2 aromatic rings. The standard InChI is InChI=1S/C27H34N2O3/c30-22-9-8-21-16-23-27(31)11-14-28-13-10-26(27,12-15-29(23)17-19-6-7-19)24(21)25(22)32-18-20-4-2-1-3-5-20/h1-5,8-9,19,23,28,30-31H,6-7,10-18H2.